The fourth-order valence-electron chi connectivity index (χ4n) is 0.739. The van der Waals surface area contributed by atoms with Gasteiger partial charge in [0.2, 0.25) is 0 Å². The zero-order valence-electron chi connectivity index (χ0n) is 7.03. The lowest BCUT2D eigenvalue weighted by molar-refractivity contribution is 0.375. The number of ether oxygens (including phenoxy) is 1. The number of nitrogens with zero attached hydrogens (tertiary/aromatic N) is 1. The molecule has 3 heteroatoms. The minimum absolute atomic E-state index is 0.348. The van der Waals surface area contributed by atoms with E-state index in [9.17, 15) is 0 Å². The molecule has 0 aliphatic rings. The van der Waals surface area contributed by atoms with Gasteiger partial charge in [-0.1, -0.05) is 18.2 Å². The van der Waals surface area contributed by atoms with Crippen molar-refractivity contribution >= 4 is 5.84 Å². The highest BCUT2D eigenvalue weighted by atomic mass is 16.5. The summed E-state index contributed by atoms with van der Waals surface area (Å²) < 4.78 is 5.30. The Morgan fingerprint density at radius 1 is 1.42 bits per heavy atom. The lowest BCUT2D eigenvalue weighted by Gasteiger charge is -2.03. The van der Waals surface area contributed by atoms with Gasteiger partial charge in [-0.3, -0.25) is 4.99 Å². The Morgan fingerprint density at radius 3 is 2.67 bits per heavy atom. The summed E-state index contributed by atoms with van der Waals surface area (Å²) in [6.45, 7) is 0.348. The molecule has 0 aliphatic heterocycles. The van der Waals surface area contributed by atoms with Gasteiger partial charge in [-0.15, -0.1) is 0 Å². The normalized spacial score (nSPS) is 11.2. The predicted octanol–water partition coefficient (Wildman–Crippen LogP) is 1.05. The van der Waals surface area contributed by atoms with E-state index in [1.54, 1.807) is 7.05 Å². The zero-order chi connectivity index (χ0) is 8.81. The SMILES string of the molecule is C/N=C(\N)COc1ccccc1. The first-order valence-electron chi connectivity index (χ1n) is 3.72. The first-order chi connectivity index (χ1) is 5.83. The molecule has 0 radical (unpaired) electrons. The molecule has 12 heavy (non-hydrogen) atoms. The van der Waals surface area contributed by atoms with Crippen LogP contribution in [0.2, 0.25) is 0 Å². The van der Waals surface area contributed by atoms with Gasteiger partial charge in [0.25, 0.3) is 0 Å². The summed E-state index contributed by atoms with van der Waals surface area (Å²) in [4.78, 5) is 3.77. The predicted molar refractivity (Wildman–Crippen MR) is 49.5 cm³/mol. The third-order valence-electron chi connectivity index (χ3n) is 1.42. The monoisotopic (exact) mass is 164 g/mol. The van der Waals surface area contributed by atoms with E-state index in [1.165, 1.54) is 0 Å². The van der Waals surface area contributed by atoms with Crippen LogP contribution in [0.4, 0.5) is 0 Å². The summed E-state index contributed by atoms with van der Waals surface area (Å²) in [5, 5.41) is 0. The molecule has 0 amide bonds. The number of hydrogen-bond donors (Lipinski definition) is 1. The number of nitrogens with two attached hydrogens (primary N) is 1. The molecule has 3 nitrogen and oxygen atoms in total. The van der Waals surface area contributed by atoms with Crippen molar-refractivity contribution in [1.29, 1.82) is 0 Å². The fraction of sp³-hybridized carbons (Fsp3) is 0.222. The molecule has 64 valence electrons. The van der Waals surface area contributed by atoms with Gasteiger partial charge >= 0.3 is 0 Å². The maximum absolute atomic E-state index is 5.45. The number of rotatable bonds is 3. The minimum Gasteiger partial charge on any atom is -0.486 e. The van der Waals surface area contributed by atoms with Gasteiger partial charge in [0.1, 0.15) is 18.2 Å². The van der Waals surface area contributed by atoms with Crippen molar-refractivity contribution in [2.45, 2.75) is 0 Å². The average molecular weight is 164 g/mol. The topological polar surface area (TPSA) is 47.6 Å². The number of aliphatic imine (C=N–C) groups is 1. The molecule has 0 atom stereocenters. The van der Waals surface area contributed by atoms with Crippen LogP contribution in [0.25, 0.3) is 0 Å². The number of benzene rings is 1. The Kier molecular flexibility index (Phi) is 3.14. The molecule has 0 aliphatic carbocycles. The third kappa shape index (κ3) is 2.62. The fourth-order valence-corrected chi connectivity index (χ4v) is 0.739. The molecular weight excluding hydrogens is 152 g/mol. The zero-order valence-corrected chi connectivity index (χ0v) is 7.03. The molecule has 0 heterocycles. The van der Waals surface area contributed by atoms with Crippen molar-refractivity contribution in [3.8, 4) is 5.75 Å². The van der Waals surface area contributed by atoms with E-state index in [-0.39, 0.29) is 0 Å². The smallest absolute Gasteiger partial charge is 0.145 e. The van der Waals surface area contributed by atoms with Gasteiger partial charge in [0.15, 0.2) is 0 Å². The standard InChI is InChI=1S/C9H12N2O/c1-11-9(10)7-12-8-5-3-2-4-6-8/h2-6H,7H2,1H3,(H2,10,11). The highest BCUT2D eigenvalue weighted by Crippen LogP contribution is 2.07. The van der Waals surface area contributed by atoms with Gasteiger partial charge in [-0.2, -0.15) is 0 Å². The van der Waals surface area contributed by atoms with Gasteiger partial charge < -0.3 is 10.5 Å². The Balaban J connectivity index is 2.44. The van der Waals surface area contributed by atoms with Crippen LogP contribution in [0, 0.1) is 0 Å². The second-order valence-corrected chi connectivity index (χ2v) is 2.32. The summed E-state index contributed by atoms with van der Waals surface area (Å²) in [5.41, 5.74) is 5.45. The first-order valence-corrected chi connectivity index (χ1v) is 3.72. The molecular formula is C9H12N2O. The van der Waals surface area contributed by atoms with Crippen molar-refractivity contribution in [2.24, 2.45) is 10.7 Å². The highest BCUT2D eigenvalue weighted by molar-refractivity contribution is 5.81. The quantitative estimate of drug-likeness (QED) is 0.536. The van der Waals surface area contributed by atoms with Crippen molar-refractivity contribution in [3.63, 3.8) is 0 Å². The largest absolute Gasteiger partial charge is 0.486 e. The molecule has 1 aromatic rings. The molecule has 0 unspecified atom stereocenters. The molecule has 0 aromatic heterocycles. The lowest BCUT2D eigenvalue weighted by atomic mass is 10.3. The van der Waals surface area contributed by atoms with Crippen LogP contribution >= 0.6 is 0 Å². The number of para-hydroxylation sites is 1. The summed E-state index contributed by atoms with van der Waals surface area (Å²) in [6.07, 6.45) is 0. The maximum Gasteiger partial charge on any atom is 0.145 e. The summed E-state index contributed by atoms with van der Waals surface area (Å²) in [6, 6.07) is 9.51. The van der Waals surface area contributed by atoms with Gasteiger partial charge in [0.05, 0.1) is 0 Å². The Bertz CT molecular complexity index is 256. The minimum atomic E-state index is 0.348. The second kappa shape index (κ2) is 4.38. The van der Waals surface area contributed by atoms with Crippen LogP contribution in [0.5, 0.6) is 5.75 Å². The van der Waals surface area contributed by atoms with Gasteiger partial charge in [0, 0.05) is 7.05 Å². The average Bonchev–Trinajstić information content (AvgIpc) is 2.16. The van der Waals surface area contributed by atoms with E-state index in [4.69, 9.17) is 10.5 Å². The van der Waals surface area contributed by atoms with Gasteiger partial charge in [-0.05, 0) is 12.1 Å². The van der Waals surface area contributed by atoms with E-state index in [0.29, 0.717) is 12.4 Å². The van der Waals surface area contributed by atoms with Crippen LogP contribution in [0.3, 0.4) is 0 Å². The van der Waals surface area contributed by atoms with Crippen LogP contribution in [0.1, 0.15) is 0 Å². The van der Waals surface area contributed by atoms with Crippen molar-refractivity contribution < 1.29 is 4.74 Å². The molecule has 2 N–H and O–H groups in total. The van der Waals surface area contributed by atoms with E-state index < -0.39 is 0 Å². The van der Waals surface area contributed by atoms with E-state index in [2.05, 4.69) is 4.99 Å². The van der Waals surface area contributed by atoms with E-state index in [0.717, 1.165) is 5.75 Å². The van der Waals surface area contributed by atoms with Gasteiger partial charge in [-0.25, -0.2) is 0 Å². The molecule has 0 bridgehead atoms. The van der Waals surface area contributed by atoms with E-state index in [1.807, 2.05) is 30.3 Å². The van der Waals surface area contributed by atoms with Crippen molar-refractivity contribution in [3.05, 3.63) is 30.3 Å². The lowest BCUT2D eigenvalue weighted by Crippen LogP contribution is -2.20. The molecule has 0 spiro atoms. The summed E-state index contributed by atoms with van der Waals surface area (Å²) in [5.74, 6) is 1.31. The number of hydrogen-bond acceptors (Lipinski definition) is 2. The van der Waals surface area contributed by atoms with E-state index >= 15 is 0 Å². The second-order valence-electron chi connectivity index (χ2n) is 2.32. The van der Waals surface area contributed by atoms with Crippen LogP contribution < -0.4 is 10.5 Å². The summed E-state index contributed by atoms with van der Waals surface area (Å²) in [7, 11) is 1.64. The Hall–Kier alpha value is -1.51. The number of amidine groups is 1. The molecule has 0 saturated heterocycles. The molecule has 1 rings (SSSR count). The summed E-state index contributed by atoms with van der Waals surface area (Å²) >= 11 is 0. The Labute approximate surface area is 71.9 Å². The van der Waals surface area contributed by atoms with Crippen LogP contribution in [0.15, 0.2) is 35.3 Å². The maximum atomic E-state index is 5.45. The molecule has 1 aromatic carbocycles. The van der Waals surface area contributed by atoms with Crippen molar-refractivity contribution in [1.82, 2.24) is 0 Å². The highest BCUT2D eigenvalue weighted by Gasteiger charge is 1.92. The molecule has 0 fully saturated rings. The first kappa shape index (κ1) is 8.59. The third-order valence-corrected chi connectivity index (χ3v) is 1.42. The Morgan fingerprint density at radius 2 is 2.08 bits per heavy atom. The molecule has 0 saturated carbocycles. The van der Waals surface area contributed by atoms with Crippen LogP contribution in [-0.2, 0) is 0 Å². The van der Waals surface area contributed by atoms with Crippen LogP contribution in [-0.4, -0.2) is 19.5 Å². The van der Waals surface area contributed by atoms with Crippen molar-refractivity contribution in [2.75, 3.05) is 13.7 Å².